The molecule has 0 aromatic heterocycles. The Bertz CT molecular complexity index is 305. The molecule has 1 aliphatic heterocycles. The molecule has 2 heteroatoms. The number of ether oxygens (including phenoxy) is 1. The van der Waals surface area contributed by atoms with Crippen LogP contribution in [-0.2, 0) is 0 Å². The molecule has 0 aliphatic carbocycles. The minimum Gasteiger partial charge on any atom is -0.494 e. The summed E-state index contributed by atoms with van der Waals surface area (Å²) in [5.41, 5.74) is 1.31. The molecule has 0 bridgehead atoms. The summed E-state index contributed by atoms with van der Waals surface area (Å²) in [6.45, 7) is 5.14. The molecule has 1 saturated heterocycles. The van der Waals surface area contributed by atoms with Gasteiger partial charge in [-0.15, -0.1) is 0 Å². The fourth-order valence-corrected chi connectivity index (χ4v) is 2.09. The van der Waals surface area contributed by atoms with Crippen molar-refractivity contribution in [2.75, 3.05) is 24.6 Å². The second-order valence-corrected chi connectivity index (χ2v) is 3.98. The summed E-state index contributed by atoms with van der Waals surface area (Å²) in [7, 11) is 0. The number of hydrogen-bond donors (Lipinski definition) is 0. The SMILES string of the molecule is CCOc1cccc(N2CCCCC2)c1. The summed E-state index contributed by atoms with van der Waals surface area (Å²) in [6, 6.07) is 8.43. The number of piperidine rings is 1. The maximum Gasteiger partial charge on any atom is 0.121 e. The van der Waals surface area contributed by atoms with E-state index in [4.69, 9.17) is 4.74 Å². The van der Waals surface area contributed by atoms with Crippen molar-refractivity contribution in [3.63, 3.8) is 0 Å². The number of anilines is 1. The van der Waals surface area contributed by atoms with E-state index in [1.165, 1.54) is 38.0 Å². The van der Waals surface area contributed by atoms with E-state index in [1.54, 1.807) is 0 Å². The van der Waals surface area contributed by atoms with Crippen molar-refractivity contribution in [2.45, 2.75) is 26.2 Å². The van der Waals surface area contributed by atoms with Gasteiger partial charge in [0.1, 0.15) is 5.75 Å². The first-order valence-electron chi connectivity index (χ1n) is 5.88. The van der Waals surface area contributed by atoms with Crippen LogP contribution in [0.3, 0.4) is 0 Å². The highest BCUT2D eigenvalue weighted by Crippen LogP contribution is 2.23. The number of rotatable bonds is 3. The molecule has 2 nitrogen and oxygen atoms in total. The second-order valence-electron chi connectivity index (χ2n) is 3.98. The van der Waals surface area contributed by atoms with Crippen LogP contribution in [0.1, 0.15) is 26.2 Å². The monoisotopic (exact) mass is 205 g/mol. The van der Waals surface area contributed by atoms with Crippen molar-refractivity contribution in [1.29, 1.82) is 0 Å². The van der Waals surface area contributed by atoms with Crippen LogP contribution in [0.2, 0.25) is 0 Å². The zero-order valence-corrected chi connectivity index (χ0v) is 9.41. The largest absolute Gasteiger partial charge is 0.494 e. The van der Waals surface area contributed by atoms with Crippen LogP contribution in [0.5, 0.6) is 5.75 Å². The zero-order chi connectivity index (χ0) is 10.5. The van der Waals surface area contributed by atoms with Crippen molar-refractivity contribution >= 4 is 5.69 Å². The number of hydrogen-bond acceptors (Lipinski definition) is 2. The Morgan fingerprint density at radius 1 is 1.20 bits per heavy atom. The Labute approximate surface area is 91.9 Å². The van der Waals surface area contributed by atoms with Crippen LogP contribution in [0.4, 0.5) is 5.69 Å². The van der Waals surface area contributed by atoms with Crippen molar-refractivity contribution in [2.24, 2.45) is 0 Å². The highest BCUT2D eigenvalue weighted by Gasteiger charge is 2.10. The number of nitrogens with zero attached hydrogens (tertiary/aromatic N) is 1. The van der Waals surface area contributed by atoms with Gasteiger partial charge in [-0.25, -0.2) is 0 Å². The molecule has 1 aromatic carbocycles. The predicted octanol–water partition coefficient (Wildman–Crippen LogP) is 3.08. The van der Waals surface area contributed by atoms with E-state index in [0.717, 1.165) is 12.4 Å². The van der Waals surface area contributed by atoms with E-state index in [1.807, 2.05) is 13.0 Å². The lowest BCUT2D eigenvalue weighted by Gasteiger charge is -2.29. The third-order valence-corrected chi connectivity index (χ3v) is 2.85. The van der Waals surface area contributed by atoms with Crippen LogP contribution in [0, 0.1) is 0 Å². The van der Waals surface area contributed by atoms with Gasteiger partial charge in [0.2, 0.25) is 0 Å². The topological polar surface area (TPSA) is 12.5 Å². The molecule has 1 aromatic rings. The first-order chi connectivity index (χ1) is 7.40. The van der Waals surface area contributed by atoms with Gasteiger partial charge in [0, 0.05) is 24.8 Å². The van der Waals surface area contributed by atoms with Gasteiger partial charge < -0.3 is 9.64 Å². The normalized spacial score (nSPS) is 16.5. The maximum absolute atomic E-state index is 5.51. The summed E-state index contributed by atoms with van der Waals surface area (Å²) < 4.78 is 5.51. The maximum atomic E-state index is 5.51. The summed E-state index contributed by atoms with van der Waals surface area (Å²) in [4.78, 5) is 2.45. The van der Waals surface area contributed by atoms with E-state index in [9.17, 15) is 0 Å². The minimum absolute atomic E-state index is 0.740. The van der Waals surface area contributed by atoms with Crippen LogP contribution in [0.25, 0.3) is 0 Å². The molecule has 82 valence electrons. The third-order valence-electron chi connectivity index (χ3n) is 2.85. The molecular weight excluding hydrogens is 186 g/mol. The van der Waals surface area contributed by atoms with E-state index in [-0.39, 0.29) is 0 Å². The van der Waals surface area contributed by atoms with Gasteiger partial charge in [-0.3, -0.25) is 0 Å². The molecule has 2 rings (SSSR count). The average Bonchev–Trinajstić information content (AvgIpc) is 2.31. The van der Waals surface area contributed by atoms with E-state index >= 15 is 0 Å². The molecule has 0 atom stereocenters. The smallest absolute Gasteiger partial charge is 0.121 e. The fourth-order valence-electron chi connectivity index (χ4n) is 2.09. The molecule has 0 spiro atoms. The Morgan fingerprint density at radius 2 is 2.00 bits per heavy atom. The standard InChI is InChI=1S/C13H19NO/c1-2-15-13-8-6-7-12(11-13)14-9-4-3-5-10-14/h6-8,11H,2-5,9-10H2,1H3. The fraction of sp³-hybridized carbons (Fsp3) is 0.538. The molecule has 1 fully saturated rings. The van der Waals surface area contributed by atoms with E-state index in [0.29, 0.717) is 0 Å². The molecule has 1 heterocycles. The quantitative estimate of drug-likeness (QED) is 0.752. The average molecular weight is 205 g/mol. The predicted molar refractivity (Wildman–Crippen MR) is 63.7 cm³/mol. The molecule has 0 radical (unpaired) electrons. The molecular formula is C13H19NO. The third kappa shape index (κ3) is 2.65. The van der Waals surface area contributed by atoms with Crippen LogP contribution in [0.15, 0.2) is 24.3 Å². The second kappa shape index (κ2) is 5.06. The highest BCUT2D eigenvalue weighted by molar-refractivity contribution is 5.50. The Morgan fingerprint density at radius 3 is 2.73 bits per heavy atom. The van der Waals surface area contributed by atoms with Gasteiger partial charge in [0.15, 0.2) is 0 Å². The number of benzene rings is 1. The molecule has 1 aliphatic rings. The molecule has 15 heavy (non-hydrogen) atoms. The molecule has 0 saturated carbocycles. The lowest BCUT2D eigenvalue weighted by atomic mass is 10.1. The van der Waals surface area contributed by atoms with Gasteiger partial charge in [-0.1, -0.05) is 6.07 Å². The van der Waals surface area contributed by atoms with Crippen molar-refractivity contribution < 1.29 is 4.74 Å². The summed E-state index contributed by atoms with van der Waals surface area (Å²) in [6.07, 6.45) is 4.01. The van der Waals surface area contributed by atoms with Crippen molar-refractivity contribution in [3.05, 3.63) is 24.3 Å². The van der Waals surface area contributed by atoms with E-state index in [2.05, 4.69) is 23.1 Å². The molecule has 0 amide bonds. The summed E-state index contributed by atoms with van der Waals surface area (Å²) in [5, 5.41) is 0. The lowest BCUT2D eigenvalue weighted by Crippen LogP contribution is -2.29. The first-order valence-corrected chi connectivity index (χ1v) is 5.88. The van der Waals surface area contributed by atoms with E-state index < -0.39 is 0 Å². The lowest BCUT2D eigenvalue weighted by molar-refractivity contribution is 0.340. The van der Waals surface area contributed by atoms with Crippen molar-refractivity contribution in [3.8, 4) is 5.75 Å². The zero-order valence-electron chi connectivity index (χ0n) is 9.41. The first kappa shape index (κ1) is 10.3. The van der Waals surface area contributed by atoms with Gasteiger partial charge in [-0.05, 0) is 38.3 Å². The van der Waals surface area contributed by atoms with Gasteiger partial charge >= 0.3 is 0 Å². The Balaban J connectivity index is 2.09. The van der Waals surface area contributed by atoms with Gasteiger partial charge in [0.05, 0.1) is 6.61 Å². The van der Waals surface area contributed by atoms with Gasteiger partial charge in [-0.2, -0.15) is 0 Å². The Hall–Kier alpha value is -1.18. The van der Waals surface area contributed by atoms with Crippen LogP contribution in [-0.4, -0.2) is 19.7 Å². The highest BCUT2D eigenvalue weighted by atomic mass is 16.5. The molecule has 0 unspecified atom stereocenters. The summed E-state index contributed by atoms with van der Waals surface area (Å²) in [5.74, 6) is 0.987. The minimum atomic E-state index is 0.740. The van der Waals surface area contributed by atoms with Crippen LogP contribution >= 0.6 is 0 Å². The van der Waals surface area contributed by atoms with Gasteiger partial charge in [0.25, 0.3) is 0 Å². The van der Waals surface area contributed by atoms with Crippen LogP contribution < -0.4 is 9.64 Å². The summed E-state index contributed by atoms with van der Waals surface area (Å²) >= 11 is 0. The molecule has 0 N–H and O–H groups in total. The van der Waals surface area contributed by atoms with Crippen molar-refractivity contribution in [1.82, 2.24) is 0 Å². The Kier molecular flexibility index (Phi) is 3.49.